The molecule has 1 heterocycles. The molecule has 0 saturated carbocycles. The standard InChI is InChI=1S/C16H25NS/c1-16(2)9-6-11-17(12-10-16)13-14-18-15-7-4-3-5-8-15/h3-5,7-8H,6,9-14H2,1-2H3. The van der Waals surface area contributed by atoms with Gasteiger partial charge in [0.1, 0.15) is 0 Å². The van der Waals surface area contributed by atoms with Gasteiger partial charge in [0, 0.05) is 17.2 Å². The van der Waals surface area contributed by atoms with Gasteiger partial charge >= 0.3 is 0 Å². The Balaban J connectivity index is 1.71. The van der Waals surface area contributed by atoms with E-state index in [2.05, 4.69) is 49.1 Å². The summed E-state index contributed by atoms with van der Waals surface area (Å²) in [6, 6.07) is 10.7. The van der Waals surface area contributed by atoms with Crippen LogP contribution in [-0.4, -0.2) is 30.3 Å². The third-order valence-corrected chi connectivity index (χ3v) is 4.84. The second kappa shape index (κ2) is 6.63. The zero-order chi connectivity index (χ0) is 12.8. The van der Waals surface area contributed by atoms with Crippen LogP contribution in [0.3, 0.4) is 0 Å². The quantitative estimate of drug-likeness (QED) is 0.746. The van der Waals surface area contributed by atoms with Crippen molar-refractivity contribution in [3.05, 3.63) is 30.3 Å². The van der Waals surface area contributed by atoms with Crippen molar-refractivity contribution in [1.29, 1.82) is 0 Å². The van der Waals surface area contributed by atoms with Crippen LogP contribution in [0.2, 0.25) is 0 Å². The van der Waals surface area contributed by atoms with Gasteiger partial charge < -0.3 is 4.90 Å². The Hall–Kier alpha value is -0.470. The first-order valence-corrected chi connectivity index (χ1v) is 8.04. The number of thioether (sulfide) groups is 1. The lowest BCUT2D eigenvalue weighted by Crippen LogP contribution is -2.27. The van der Waals surface area contributed by atoms with E-state index >= 15 is 0 Å². The van der Waals surface area contributed by atoms with Crippen molar-refractivity contribution in [2.24, 2.45) is 5.41 Å². The molecule has 0 unspecified atom stereocenters. The number of hydrogen-bond acceptors (Lipinski definition) is 2. The van der Waals surface area contributed by atoms with Crippen LogP contribution in [0.5, 0.6) is 0 Å². The lowest BCUT2D eigenvalue weighted by Gasteiger charge is -2.23. The summed E-state index contributed by atoms with van der Waals surface area (Å²) in [6.45, 7) is 8.63. The van der Waals surface area contributed by atoms with E-state index in [4.69, 9.17) is 0 Å². The van der Waals surface area contributed by atoms with Crippen LogP contribution < -0.4 is 0 Å². The fourth-order valence-corrected chi connectivity index (χ4v) is 3.45. The summed E-state index contributed by atoms with van der Waals surface area (Å²) in [4.78, 5) is 4.04. The van der Waals surface area contributed by atoms with Crippen LogP contribution in [0.1, 0.15) is 33.1 Å². The highest BCUT2D eigenvalue weighted by Gasteiger charge is 2.22. The van der Waals surface area contributed by atoms with Gasteiger partial charge in [-0.1, -0.05) is 32.0 Å². The molecule has 1 aromatic carbocycles. The van der Waals surface area contributed by atoms with E-state index in [0.717, 1.165) is 0 Å². The van der Waals surface area contributed by atoms with Crippen LogP contribution >= 0.6 is 11.8 Å². The molecular formula is C16H25NS. The zero-order valence-corrected chi connectivity index (χ0v) is 12.5. The predicted octanol–water partition coefficient (Wildman–Crippen LogP) is 4.29. The van der Waals surface area contributed by atoms with E-state index in [1.165, 1.54) is 49.5 Å². The van der Waals surface area contributed by atoms with E-state index in [-0.39, 0.29) is 0 Å². The van der Waals surface area contributed by atoms with Crippen LogP contribution in [0.25, 0.3) is 0 Å². The minimum atomic E-state index is 0.557. The number of likely N-dealkylation sites (tertiary alicyclic amines) is 1. The molecule has 1 fully saturated rings. The normalized spacial score (nSPS) is 20.6. The number of benzene rings is 1. The maximum absolute atomic E-state index is 2.64. The summed E-state index contributed by atoms with van der Waals surface area (Å²) in [5, 5.41) is 0. The fraction of sp³-hybridized carbons (Fsp3) is 0.625. The summed E-state index contributed by atoms with van der Waals surface area (Å²) < 4.78 is 0. The molecule has 1 aliphatic rings. The molecule has 0 atom stereocenters. The van der Waals surface area contributed by atoms with Crippen molar-refractivity contribution >= 4 is 11.8 Å². The van der Waals surface area contributed by atoms with Gasteiger partial charge in [0.25, 0.3) is 0 Å². The van der Waals surface area contributed by atoms with Gasteiger partial charge in [-0.3, -0.25) is 0 Å². The molecule has 1 aliphatic heterocycles. The first-order valence-electron chi connectivity index (χ1n) is 7.06. The Morgan fingerprint density at radius 3 is 2.67 bits per heavy atom. The Kier molecular flexibility index (Phi) is 5.13. The molecule has 2 rings (SSSR count). The van der Waals surface area contributed by atoms with Gasteiger partial charge in [0.2, 0.25) is 0 Å². The number of rotatable bonds is 4. The van der Waals surface area contributed by atoms with Crippen LogP contribution in [0.15, 0.2) is 35.2 Å². The summed E-state index contributed by atoms with van der Waals surface area (Å²) in [6.07, 6.45) is 4.10. The SMILES string of the molecule is CC1(C)CCCN(CCSc2ccccc2)CC1. The minimum absolute atomic E-state index is 0.557. The lowest BCUT2D eigenvalue weighted by molar-refractivity contribution is 0.274. The second-order valence-electron chi connectivity index (χ2n) is 6.02. The number of hydrogen-bond donors (Lipinski definition) is 0. The molecule has 1 aromatic rings. The Morgan fingerprint density at radius 1 is 1.11 bits per heavy atom. The molecule has 100 valence electrons. The van der Waals surface area contributed by atoms with E-state index < -0.39 is 0 Å². The van der Waals surface area contributed by atoms with Gasteiger partial charge in [-0.25, -0.2) is 0 Å². The topological polar surface area (TPSA) is 3.24 Å². The largest absolute Gasteiger partial charge is 0.302 e. The Labute approximate surface area is 116 Å². The highest BCUT2D eigenvalue weighted by molar-refractivity contribution is 7.99. The van der Waals surface area contributed by atoms with Crippen molar-refractivity contribution in [2.75, 3.05) is 25.4 Å². The van der Waals surface area contributed by atoms with E-state index in [9.17, 15) is 0 Å². The lowest BCUT2D eigenvalue weighted by atomic mass is 9.85. The maximum Gasteiger partial charge on any atom is 0.0108 e. The molecule has 1 nitrogen and oxygen atoms in total. The van der Waals surface area contributed by atoms with Crippen LogP contribution in [-0.2, 0) is 0 Å². The predicted molar refractivity (Wildman–Crippen MR) is 81.2 cm³/mol. The molecule has 2 heteroatoms. The van der Waals surface area contributed by atoms with Crippen LogP contribution in [0.4, 0.5) is 0 Å². The van der Waals surface area contributed by atoms with Gasteiger partial charge in [-0.05, 0) is 49.9 Å². The summed E-state index contributed by atoms with van der Waals surface area (Å²) in [5.74, 6) is 1.21. The molecule has 1 saturated heterocycles. The molecule has 0 radical (unpaired) electrons. The molecule has 0 bridgehead atoms. The Morgan fingerprint density at radius 2 is 1.89 bits per heavy atom. The molecule has 0 spiro atoms. The van der Waals surface area contributed by atoms with Crippen molar-refractivity contribution in [3.63, 3.8) is 0 Å². The van der Waals surface area contributed by atoms with E-state index in [1.807, 2.05) is 11.8 Å². The molecular weight excluding hydrogens is 238 g/mol. The monoisotopic (exact) mass is 263 g/mol. The molecule has 0 aliphatic carbocycles. The first kappa shape index (κ1) is 14.0. The molecule has 0 N–H and O–H groups in total. The maximum atomic E-state index is 2.64. The molecule has 0 aromatic heterocycles. The van der Waals surface area contributed by atoms with Gasteiger partial charge in [0.15, 0.2) is 0 Å². The van der Waals surface area contributed by atoms with E-state index in [1.54, 1.807) is 0 Å². The highest BCUT2D eigenvalue weighted by Crippen LogP contribution is 2.29. The van der Waals surface area contributed by atoms with E-state index in [0.29, 0.717) is 5.41 Å². The van der Waals surface area contributed by atoms with Crippen LogP contribution in [0, 0.1) is 5.41 Å². The summed E-state index contributed by atoms with van der Waals surface area (Å²) >= 11 is 1.98. The minimum Gasteiger partial charge on any atom is -0.302 e. The van der Waals surface area contributed by atoms with Gasteiger partial charge in [-0.15, -0.1) is 11.8 Å². The third kappa shape index (κ3) is 4.66. The summed E-state index contributed by atoms with van der Waals surface area (Å²) in [5.41, 5.74) is 0.557. The highest BCUT2D eigenvalue weighted by atomic mass is 32.2. The first-order chi connectivity index (χ1) is 8.66. The fourth-order valence-electron chi connectivity index (χ4n) is 2.51. The van der Waals surface area contributed by atoms with Crippen molar-refractivity contribution < 1.29 is 0 Å². The molecule has 0 amide bonds. The average Bonchev–Trinajstić information content (AvgIpc) is 2.52. The second-order valence-corrected chi connectivity index (χ2v) is 7.19. The third-order valence-electron chi connectivity index (χ3n) is 3.85. The van der Waals surface area contributed by atoms with Gasteiger partial charge in [0.05, 0.1) is 0 Å². The van der Waals surface area contributed by atoms with Crippen molar-refractivity contribution in [1.82, 2.24) is 4.90 Å². The van der Waals surface area contributed by atoms with Crippen molar-refractivity contribution in [2.45, 2.75) is 38.0 Å². The van der Waals surface area contributed by atoms with Crippen molar-refractivity contribution in [3.8, 4) is 0 Å². The zero-order valence-electron chi connectivity index (χ0n) is 11.7. The Bertz CT molecular complexity index is 347. The average molecular weight is 263 g/mol. The molecule has 18 heavy (non-hydrogen) atoms. The smallest absolute Gasteiger partial charge is 0.0108 e. The number of nitrogens with zero attached hydrogens (tertiary/aromatic N) is 1. The summed E-state index contributed by atoms with van der Waals surface area (Å²) in [7, 11) is 0. The van der Waals surface area contributed by atoms with Gasteiger partial charge in [-0.2, -0.15) is 0 Å².